The van der Waals surface area contributed by atoms with Gasteiger partial charge in [0.05, 0.1) is 5.69 Å². The van der Waals surface area contributed by atoms with Crippen LogP contribution >= 0.6 is 0 Å². The van der Waals surface area contributed by atoms with Crippen LogP contribution in [0, 0.1) is 11.5 Å². The van der Waals surface area contributed by atoms with E-state index in [4.69, 9.17) is 0 Å². The number of hydrogen-bond donors (Lipinski definition) is 1. The summed E-state index contributed by atoms with van der Waals surface area (Å²) in [6.07, 6.45) is 1.70. The van der Waals surface area contributed by atoms with E-state index in [9.17, 15) is 5.11 Å². The first-order chi connectivity index (χ1) is 9.64. The van der Waals surface area contributed by atoms with E-state index in [-0.39, 0.29) is 0 Å². The van der Waals surface area contributed by atoms with Crippen LogP contribution in [-0.2, 0) is 5.60 Å². The highest BCUT2D eigenvalue weighted by molar-refractivity contribution is 6.90. The van der Waals surface area contributed by atoms with E-state index in [1.807, 2.05) is 18.2 Å². The molecule has 0 radical (unpaired) electrons. The molecule has 1 aromatic heterocycles. The number of nitrogens with zero attached hydrogens (tertiary/aromatic N) is 1. The lowest BCUT2D eigenvalue weighted by atomic mass is 10.0. The minimum Gasteiger partial charge on any atom is -0.372 e. The molecular weight excluding hydrogens is 274 g/mol. The number of rotatable bonds is 4. The highest BCUT2D eigenvalue weighted by Crippen LogP contribution is 2.41. The summed E-state index contributed by atoms with van der Waals surface area (Å²) in [7, 11) is -1.82. The summed E-state index contributed by atoms with van der Waals surface area (Å²) in [6, 6.07) is 5.57. The van der Waals surface area contributed by atoms with Gasteiger partial charge >= 0.3 is 0 Å². The summed E-state index contributed by atoms with van der Waals surface area (Å²) in [4.78, 5) is 4.25. The maximum atomic E-state index is 10.7. The molecule has 0 saturated carbocycles. The molecule has 0 bridgehead atoms. The molecule has 0 aliphatic carbocycles. The van der Waals surface area contributed by atoms with Gasteiger partial charge in [0.1, 0.15) is 8.07 Å². The van der Waals surface area contributed by atoms with Gasteiger partial charge in [-0.2, -0.15) is 0 Å². The molecular formula is C18H29NOSi. The molecule has 0 saturated heterocycles. The number of hydrogen-bond acceptors (Lipinski definition) is 2. The molecule has 0 spiro atoms. The minimum atomic E-state index is -1.82. The van der Waals surface area contributed by atoms with Gasteiger partial charge in [-0.1, -0.05) is 53.5 Å². The molecule has 1 N–H and O–H groups in total. The zero-order chi connectivity index (χ0) is 16.3. The van der Waals surface area contributed by atoms with E-state index in [1.54, 1.807) is 13.1 Å². The van der Waals surface area contributed by atoms with E-state index in [0.717, 1.165) is 0 Å². The van der Waals surface area contributed by atoms with E-state index >= 15 is 0 Å². The largest absolute Gasteiger partial charge is 0.372 e. The number of pyridine rings is 1. The maximum Gasteiger partial charge on any atom is 0.164 e. The lowest BCUT2D eigenvalue weighted by Gasteiger charge is -2.38. The van der Waals surface area contributed by atoms with Crippen LogP contribution in [0.2, 0.25) is 16.6 Å². The van der Waals surface area contributed by atoms with Crippen molar-refractivity contribution in [3.05, 3.63) is 30.1 Å². The van der Waals surface area contributed by atoms with Crippen LogP contribution in [-0.4, -0.2) is 18.2 Å². The normalized spacial score (nSPS) is 15.0. The van der Waals surface area contributed by atoms with Crippen LogP contribution in [0.1, 0.15) is 54.2 Å². The molecule has 0 aliphatic heterocycles. The highest BCUT2D eigenvalue weighted by atomic mass is 28.3. The van der Waals surface area contributed by atoms with Crippen LogP contribution in [0.3, 0.4) is 0 Å². The summed E-state index contributed by atoms with van der Waals surface area (Å²) in [5.74, 6) is 3.17. The average molecular weight is 304 g/mol. The summed E-state index contributed by atoms with van der Waals surface area (Å²) in [5.41, 5.74) is 4.69. The number of aliphatic hydroxyl groups is 1. The van der Waals surface area contributed by atoms with Crippen LogP contribution in [0.4, 0.5) is 0 Å². The van der Waals surface area contributed by atoms with Gasteiger partial charge in [-0.05, 0) is 35.7 Å². The van der Waals surface area contributed by atoms with Gasteiger partial charge in [0.2, 0.25) is 0 Å². The van der Waals surface area contributed by atoms with Crippen molar-refractivity contribution in [3.63, 3.8) is 0 Å². The monoisotopic (exact) mass is 303 g/mol. The molecule has 1 rings (SSSR count). The second-order valence-electron chi connectivity index (χ2n) is 6.93. The first-order valence-electron chi connectivity index (χ1n) is 7.82. The van der Waals surface area contributed by atoms with Gasteiger partial charge in [-0.3, -0.25) is 4.98 Å². The molecule has 1 atom stereocenters. The zero-order valence-corrected chi connectivity index (χ0v) is 15.4. The van der Waals surface area contributed by atoms with E-state index in [2.05, 4.69) is 58.0 Å². The SMILES string of the molecule is CC(C)[Si](C#C[C@](C)(O)c1ccccn1)(C(C)C)C(C)C. The van der Waals surface area contributed by atoms with Gasteiger partial charge in [0.25, 0.3) is 0 Å². The fourth-order valence-electron chi connectivity index (χ4n) is 3.38. The molecule has 1 heterocycles. The first-order valence-corrected chi connectivity index (χ1v) is 10.1. The molecule has 0 unspecified atom stereocenters. The predicted octanol–water partition coefficient (Wildman–Crippen LogP) is 4.51. The Morgan fingerprint density at radius 2 is 1.57 bits per heavy atom. The van der Waals surface area contributed by atoms with Gasteiger partial charge in [0, 0.05) is 6.20 Å². The van der Waals surface area contributed by atoms with E-state index in [1.165, 1.54) is 0 Å². The van der Waals surface area contributed by atoms with E-state index < -0.39 is 13.7 Å². The Balaban J connectivity index is 3.28. The van der Waals surface area contributed by atoms with Crippen molar-refractivity contribution in [1.29, 1.82) is 0 Å². The molecule has 0 fully saturated rings. The third kappa shape index (κ3) is 3.75. The molecule has 2 nitrogen and oxygen atoms in total. The summed E-state index contributed by atoms with van der Waals surface area (Å²) in [6.45, 7) is 15.4. The standard InChI is InChI=1S/C18H29NOSi/c1-14(2)21(15(3)4,16(5)6)13-11-18(7,20)17-10-8-9-12-19-17/h8-10,12,14-16,20H,1-7H3/t18-/m0/s1. The van der Waals surface area contributed by atoms with Gasteiger partial charge < -0.3 is 5.11 Å². The number of aromatic nitrogens is 1. The van der Waals surface area contributed by atoms with Crippen LogP contribution in [0.15, 0.2) is 24.4 Å². The van der Waals surface area contributed by atoms with Crippen molar-refractivity contribution < 1.29 is 5.11 Å². The second-order valence-corrected chi connectivity index (χ2v) is 12.5. The van der Waals surface area contributed by atoms with Gasteiger partial charge in [0.15, 0.2) is 5.60 Å². The Labute approximate surface area is 131 Å². The van der Waals surface area contributed by atoms with E-state index in [0.29, 0.717) is 22.3 Å². The quantitative estimate of drug-likeness (QED) is 0.656. The lowest BCUT2D eigenvalue weighted by Crippen LogP contribution is -2.43. The van der Waals surface area contributed by atoms with Crippen molar-refractivity contribution in [3.8, 4) is 11.5 Å². The lowest BCUT2D eigenvalue weighted by molar-refractivity contribution is 0.117. The summed E-state index contributed by atoms with van der Waals surface area (Å²) < 4.78 is 0. The predicted molar refractivity (Wildman–Crippen MR) is 92.6 cm³/mol. The third-order valence-corrected chi connectivity index (χ3v) is 10.8. The molecule has 116 valence electrons. The van der Waals surface area contributed by atoms with Crippen molar-refractivity contribution in [2.45, 2.75) is 70.7 Å². The van der Waals surface area contributed by atoms with Gasteiger partial charge in [-0.25, -0.2) is 0 Å². The molecule has 3 heteroatoms. The summed E-state index contributed by atoms with van der Waals surface area (Å²) >= 11 is 0. The minimum absolute atomic E-state index is 0.560. The Bertz CT molecular complexity index is 487. The smallest absolute Gasteiger partial charge is 0.164 e. The van der Waals surface area contributed by atoms with Crippen molar-refractivity contribution in [2.75, 3.05) is 0 Å². The third-order valence-electron chi connectivity index (χ3n) is 4.55. The molecule has 1 aromatic rings. The molecule has 0 aliphatic rings. The Kier molecular flexibility index (Phi) is 5.78. The van der Waals surface area contributed by atoms with Gasteiger partial charge in [-0.15, -0.1) is 5.54 Å². The Hall–Kier alpha value is -1.11. The van der Waals surface area contributed by atoms with Crippen molar-refractivity contribution >= 4 is 8.07 Å². The van der Waals surface area contributed by atoms with Crippen LogP contribution < -0.4 is 0 Å². The molecule has 21 heavy (non-hydrogen) atoms. The van der Waals surface area contributed by atoms with Crippen LogP contribution in [0.25, 0.3) is 0 Å². The maximum absolute atomic E-state index is 10.7. The topological polar surface area (TPSA) is 33.1 Å². The van der Waals surface area contributed by atoms with Crippen molar-refractivity contribution in [1.82, 2.24) is 4.98 Å². The Morgan fingerprint density at radius 1 is 1.05 bits per heavy atom. The average Bonchev–Trinajstić information content (AvgIpc) is 2.39. The fraction of sp³-hybridized carbons (Fsp3) is 0.611. The molecule has 0 amide bonds. The second kappa shape index (κ2) is 6.77. The summed E-state index contributed by atoms with van der Waals surface area (Å²) in [5, 5.41) is 10.7. The molecule has 0 aromatic carbocycles. The first kappa shape index (κ1) is 17.9. The zero-order valence-electron chi connectivity index (χ0n) is 14.4. The highest BCUT2D eigenvalue weighted by Gasteiger charge is 2.42. The Morgan fingerprint density at radius 3 is 1.95 bits per heavy atom. The van der Waals surface area contributed by atoms with Crippen molar-refractivity contribution in [2.24, 2.45) is 0 Å². The fourth-order valence-corrected chi connectivity index (χ4v) is 8.70. The van der Waals surface area contributed by atoms with Crippen LogP contribution in [0.5, 0.6) is 0 Å².